The molecule has 0 bridgehead atoms. The number of rotatable bonds is 4. The summed E-state index contributed by atoms with van der Waals surface area (Å²) in [7, 11) is 0. The normalized spacial score (nSPS) is 13.4. The summed E-state index contributed by atoms with van der Waals surface area (Å²) in [5, 5.41) is 0. The van der Waals surface area contributed by atoms with Crippen LogP contribution in [-0.2, 0) is 19.3 Å². The minimum absolute atomic E-state index is 0.00106. The summed E-state index contributed by atoms with van der Waals surface area (Å²) < 4.78 is 41.7. The first kappa shape index (κ1) is 15.4. The number of halogens is 3. The lowest BCUT2D eigenvalue weighted by Crippen LogP contribution is -2.29. The van der Waals surface area contributed by atoms with Crippen molar-refractivity contribution >= 4 is 0 Å². The molecule has 0 radical (unpaired) electrons. The Hall–Kier alpha value is -2.02. The number of benzene rings is 1. The number of alkyl halides is 3. The lowest BCUT2D eigenvalue weighted by molar-refractivity contribution is -0.138. The van der Waals surface area contributed by atoms with Crippen LogP contribution >= 0.6 is 0 Å². The number of imidazole rings is 1. The number of nitrogens with zero attached hydrogens (tertiary/aromatic N) is 2. The Labute approximate surface area is 119 Å². The lowest BCUT2D eigenvalue weighted by atomic mass is 10.0. The zero-order valence-electron chi connectivity index (χ0n) is 11.5. The van der Waals surface area contributed by atoms with Crippen molar-refractivity contribution in [2.45, 2.75) is 32.2 Å². The van der Waals surface area contributed by atoms with Gasteiger partial charge >= 0.3 is 11.9 Å². The Morgan fingerprint density at radius 1 is 1.19 bits per heavy atom. The topological polar surface area (TPSA) is 52.9 Å². The zero-order valence-corrected chi connectivity index (χ0v) is 11.5. The van der Waals surface area contributed by atoms with Crippen molar-refractivity contribution in [3.05, 3.63) is 58.3 Å². The molecule has 0 aliphatic carbocycles. The van der Waals surface area contributed by atoms with Crippen LogP contribution in [0.1, 0.15) is 24.1 Å². The first-order valence-electron chi connectivity index (χ1n) is 6.52. The van der Waals surface area contributed by atoms with Gasteiger partial charge in [-0.2, -0.15) is 13.2 Å². The van der Waals surface area contributed by atoms with E-state index < -0.39 is 17.8 Å². The molecule has 0 fully saturated rings. The maximum atomic E-state index is 13.0. The van der Waals surface area contributed by atoms with Gasteiger partial charge in [0.05, 0.1) is 5.56 Å². The molecule has 0 amide bonds. The van der Waals surface area contributed by atoms with E-state index in [1.165, 1.54) is 33.5 Å². The van der Waals surface area contributed by atoms with Gasteiger partial charge in [0.1, 0.15) is 0 Å². The highest BCUT2D eigenvalue weighted by atomic mass is 19.4. The van der Waals surface area contributed by atoms with E-state index in [0.717, 1.165) is 6.07 Å². The fourth-order valence-corrected chi connectivity index (χ4v) is 2.22. The van der Waals surface area contributed by atoms with Crippen molar-refractivity contribution in [1.29, 1.82) is 0 Å². The number of hydrogen-bond donors (Lipinski definition) is 1. The van der Waals surface area contributed by atoms with Gasteiger partial charge in [0, 0.05) is 31.5 Å². The smallest absolute Gasteiger partial charge is 0.322 e. The van der Waals surface area contributed by atoms with E-state index in [-0.39, 0.29) is 17.8 Å². The molecule has 0 saturated heterocycles. The lowest BCUT2D eigenvalue weighted by Gasteiger charge is -2.18. The van der Waals surface area contributed by atoms with Gasteiger partial charge in [-0.1, -0.05) is 18.2 Å². The molecule has 2 aromatic rings. The molecule has 4 nitrogen and oxygen atoms in total. The van der Waals surface area contributed by atoms with Gasteiger partial charge in [-0.25, -0.2) is 4.79 Å². The third-order valence-corrected chi connectivity index (χ3v) is 3.32. The molecular weight excluding hydrogens is 283 g/mol. The number of aromatic nitrogens is 2. The van der Waals surface area contributed by atoms with Crippen LogP contribution in [0.3, 0.4) is 0 Å². The summed E-state index contributed by atoms with van der Waals surface area (Å²) in [4.78, 5) is 11.9. The van der Waals surface area contributed by atoms with E-state index in [9.17, 15) is 18.0 Å². The van der Waals surface area contributed by atoms with Crippen LogP contribution in [0.2, 0.25) is 0 Å². The maximum absolute atomic E-state index is 13.0. The molecule has 0 spiro atoms. The van der Waals surface area contributed by atoms with Crippen molar-refractivity contribution in [1.82, 2.24) is 9.13 Å². The fourth-order valence-electron chi connectivity index (χ4n) is 2.22. The average Bonchev–Trinajstić information content (AvgIpc) is 2.78. The summed E-state index contributed by atoms with van der Waals surface area (Å²) in [6.45, 7) is 2.31. The third-order valence-electron chi connectivity index (χ3n) is 3.32. The van der Waals surface area contributed by atoms with Crippen molar-refractivity contribution in [2.24, 2.45) is 5.73 Å². The second-order valence-electron chi connectivity index (χ2n) is 4.71. The first-order chi connectivity index (χ1) is 9.84. The molecule has 114 valence electrons. The Bertz CT molecular complexity index is 673. The van der Waals surface area contributed by atoms with E-state index in [1.807, 2.05) is 6.92 Å². The standard InChI is InChI=1S/C14H16F3N3O/c1-2-19-7-8-20(13(19)21)9-12(18)10-5-3-4-6-11(10)14(15,16)17/h3-8,12H,2,9,18H2,1H3. The summed E-state index contributed by atoms with van der Waals surface area (Å²) in [6, 6.07) is 4.25. The highest BCUT2D eigenvalue weighted by molar-refractivity contribution is 5.32. The van der Waals surface area contributed by atoms with E-state index in [2.05, 4.69) is 0 Å². The number of aryl methyl sites for hydroxylation is 1. The molecular formula is C14H16F3N3O. The summed E-state index contributed by atoms with van der Waals surface area (Å²) >= 11 is 0. The highest BCUT2D eigenvalue weighted by Crippen LogP contribution is 2.34. The molecule has 0 saturated carbocycles. The van der Waals surface area contributed by atoms with Crippen LogP contribution in [0.25, 0.3) is 0 Å². The Kier molecular flexibility index (Phi) is 4.22. The Balaban J connectivity index is 2.31. The van der Waals surface area contributed by atoms with E-state index in [4.69, 9.17) is 5.73 Å². The van der Waals surface area contributed by atoms with Gasteiger partial charge in [0.15, 0.2) is 0 Å². The van der Waals surface area contributed by atoms with Crippen LogP contribution in [0.4, 0.5) is 13.2 Å². The zero-order chi connectivity index (χ0) is 15.6. The van der Waals surface area contributed by atoms with Crippen molar-refractivity contribution in [3.63, 3.8) is 0 Å². The molecule has 21 heavy (non-hydrogen) atoms. The Morgan fingerprint density at radius 2 is 1.81 bits per heavy atom. The molecule has 1 unspecified atom stereocenters. The first-order valence-corrected chi connectivity index (χ1v) is 6.52. The minimum Gasteiger partial charge on any atom is -0.322 e. The van der Waals surface area contributed by atoms with Crippen LogP contribution in [0, 0.1) is 0 Å². The summed E-state index contributed by atoms with van der Waals surface area (Å²) in [6.07, 6.45) is -1.35. The number of nitrogens with two attached hydrogens (primary N) is 1. The van der Waals surface area contributed by atoms with Gasteiger partial charge < -0.3 is 5.73 Å². The van der Waals surface area contributed by atoms with Gasteiger partial charge in [-0.15, -0.1) is 0 Å². The van der Waals surface area contributed by atoms with Gasteiger partial charge in [-0.05, 0) is 18.6 Å². The SMILES string of the molecule is CCn1ccn(CC(N)c2ccccc2C(F)(F)F)c1=O. The van der Waals surface area contributed by atoms with Crippen molar-refractivity contribution in [3.8, 4) is 0 Å². The quantitative estimate of drug-likeness (QED) is 0.942. The molecule has 1 heterocycles. The molecule has 0 aliphatic rings. The predicted molar refractivity (Wildman–Crippen MR) is 72.7 cm³/mol. The molecule has 0 aliphatic heterocycles. The van der Waals surface area contributed by atoms with Gasteiger partial charge in [0.25, 0.3) is 0 Å². The second kappa shape index (κ2) is 5.77. The van der Waals surface area contributed by atoms with Gasteiger partial charge in [0.2, 0.25) is 0 Å². The van der Waals surface area contributed by atoms with E-state index in [1.54, 1.807) is 6.20 Å². The second-order valence-corrected chi connectivity index (χ2v) is 4.71. The molecule has 1 atom stereocenters. The van der Waals surface area contributed by atoms with Crippen LogP contribution in [0.15, 0.2) is 41.5 Å². The monoisotopic (exact) mass is 299 g/mol. The average molecular weight is 299 g/mol. The molecule has 7 heteroatoms. The van der Waals surface area contributed by atoms with Crippen LogP contribution in [0.5, 0.6) is 0 Å². The minimum atomic E-state index is -4.46. The predicted octanol–water partition coefficient (Wildman–Crippen LogP) is 2.39. The summed E-state index contributed by atoms with van der Waals surface area (Å²) in [5.74, 6) is 0. The van der Waals surface area contributed by atoms with E-state index in [0.29, 0.717) is 6.54 Å². The van der Waals surface area contributed by atoms with E-state index >= 15 is 0 Å². The fraction of sp³-hybridized carbons (Fsp3) is 0.357. The Morgan fingerprint density at radius 3 is 2.38 bits per heavy atom. The maximum Gasteiger partial charge on any atom is 0.416 e. The largest absolute Gasteiger partial charge is 0.416 e. The van der Waals surface area contributed by atoms with Crippen LogP contribution in [-0.4, -0.2) is 9.13 Å². The molecule has 1 aromatic heterocycles. The van der Waals surface area contributed by atoms with Crippen molar-refractivity contribution in [2.75, 3.05) is 0 Å². The van der Waals surface area contributed by atoms with Crippen molar-refractivity contribution < 1.29 is 13.2 Å². The molecule has 1 aromatic carbocycles. The molecule has 2 rings (SSSR count). The third kappa shape index (κ3) is 3.18. The highest BCUT2D eigenvalue weighted by Gasteiger charge is 2.34. The summed E-state index contributed by atoms with van der Waals surface area (Å²) in [5.41, 5.74) is 4.82. The number of hydrogen-bond acceptors (Lipinski definition) is 2. The van der Waals surface area contributed by atoms with Crippen LogP contribution < -0.4 is 11.4 Å². The molecule has 2 N–H and O–H groups in total. The van der Waals surface area contributed by atoms with Gasteiger partial charge in [-0.3, -0.25) is 9.13 Å².